The van der Waals surface area contributed by atoms with Crippen LogP contribution in [0.15, 0.2) is 28.5 Å². The van der Waals surface area contributed by atoms with Gasteiger partial charge in [0.25, 0.3) is 0 Å². The molecular weight excluding hydrogens is 496 g/mol. The molecule has 0 saturated heterocycles. The number of hydrogen-bond acceptors (Lipinski definition) is 7. The predicted molar refractivity (Wildman–Crippen MR) is 125 cm³/mol. The number of hydrogen-bond donors (Lipinski definition) is 2. The maximum Gasteiger partial charge on any atom is 0.175 e. The van der Waals surface area contributed by atoms with Crippen molar-refractivity contribution in [3.05, 3.63) is 27.6 Å². The van der Waals surface area contributed by atoms with Crippen molar-refractivity contribution in [3.63, 3.8) is 0 Å². The molecule has 1 aliphatic rings. The molecule has 0 aliphatic carbocycles. The summed E-state index contributed by atoms with van der Waals surface area (Å²) < 4.78 is 9.10. The van der Waals surface area contributed by atoms with Gasteiger partial charge < -0.3 is 20.4 Å². The SMILES string of the molecule is CC(C)(C)NCCCn1c(Sc2cc3c(cc2[124I])CCO3)nc2c(N)ncnc21. The molecule has 0 unspecified atom stereocenters. The Labute approximate surface area is 188 Å². The summed E-state index contributed by atoms with van der Waals surface area (Å²) in [4.78, 5) is 14.5. The quantitative estimate of drug-likeness (QED) is 0.376. The molecule has 154 valence electrons. The van der Waals surface area contributed by atoms with Gasteiger partial charge in [0.15, 0.2) is 22.1 Å². The molecule has 0 saturated carbocycles. The Morgan fingerprint density at radius 2 is 2.14 bits per heavy atom. The lowest BCUT2D eigenvalue weighted by Gasteiger charge is -2.20. The van der Waals surface area contributed by atoms with Gasteiger partial charge in [-0.2, -0.15) is 0 Å². The van der Waals surface area contributed by atoms with Crippen molar-refractivity contribution in [3.8, 4) is 5.75 Å². The van der Waals surface area contributed by atoms with Gasteiger partial charge in [0.05, 0.1) is 6.61 Å². The van der Waals surface area contributed by atoms with Gasteiger partial charge >= 0.3 is 0 Å². The molecular formula is C20H25IN6OS. The minimum absolute atomic E-state index is 0.0989. The molecule has 0 amide bonds. The Morgan fingerprint density at radius 3 is 2.93 bits per heavy atom. The maximum atomic E-state index is 6.08. The summed E-state index contributed by atoms with van der Waals surface area (Å²) >= 11 is 4.01. The van der Waals surface area contributed by atoms with E-state index < -0.39 is 0 Å². The van der Waals surface area contributed by atoms with Crippen LogP contribution in [0.1, 0.15) is 32.8 Å². The van der Waals surface area contributed by atoms with Crippen LogP contribution < -0.4 is 15.8 Å². The standard InChI is InChI=1S/C20H25IN6OS/c1-20(2,3)25-6-4-7-27-18-16(17(22)23-11-24-18)26-19(27)29-15-10-14-12(5-8-28-14)9-13(15)21/h9-11,25H,4-8H2,1-3H3,(H2,22,23,24)/i21-3. The molecule has 1 aromatic carbocycles. The van der Waals surface area contributed by atoms with Crippen LogP contribution in [0.3, 0.4) is 0 Å². The number of ether oxygens (including phenoxy) is 1. The number of imidazole rings is 1. The minimum Gasteiger partial charge on any atom is -0.493 e. The van der Waals surface area contributed by atoms with Crippen molar-refractivity contribution < 1.29 is 4.74 Å². The summed E-state index contributed by atoms with van der Waals surface area (Å²) in [5.41, 5.74) is 8.89. The molecule has 0 fully saturated rings. The van der Waals surface area contributed by atoms with E-state index in [0.717, 1.165) is 54.0 Å². The van der Waals surface area contributed by atoms with Gasteiger partial charge in [-0.25, -0.2) is 15.0 Å². The lowest BCUT2D eigenvalue weighted by Crippen LogP contribution is -2.36. The van der Waals surface area contributed by atoms with Crippen LogP contribution in [-0.2, 0) is 13.0 Å². The van der Waals surface area contributed by atoms with E-state index in [9.17, 15) is 0 Å². The van der Waals surface area contributed by atoms with E-state index >= 15 is 0 Å². The van der Waals surface area contributed by atoms with Crippen molar-refractivity contribution in [2.45, 2.75) is 55.7 Å². The van der Waals surface area contributed by atoms with Crippen LogP contribution in [0.5, 0.6) is 5.75 Å². The molecule has 0 atom stereocenters. The number of fused-ring (bicyclic) bond motifs is 2. The third kappa shape index (κ3) is 4.61. The molecule has 9 heteroatoms. The molecule has 3 heterocycles. The molecule has 0 bridgehead atoms. The largest absolute Gasteiger partial charge is 0.493 e. The van der Waals surface area contributed by atoms with Crippen molar-refractivity contribution in [1.82, 2.24) is 24.8 Å². The second-order valence-electron chi connectivity index (χ2n) is 8.10. The van der Waals surface area contributed by atoms with E-state index in [4.69, 9.17) is 15.5 Å². The van der Waals surface area contributed by atoms with E-state index in [1.807, 2.05) is 0 Å². The first-order valence-electron chi connectivity index (χ1n) is 9.66. The van der Waals surface area contributed by atoms with Crippen LogP contribution >= 0.6 is 34.4 Å². The second-order valence-corrected chi connectivity index (χ2v) is 10.3. The first-order valence-corrected chi connectivity index (χ1v) is 11.6. The Kier molecular flexibility index (Phi) is 5.90. The number of anilines is 1. The third-order valence-electron chi connectivity index (χ3n) is 4.68. The first kappa shape index (κ1) is 20.7. The Bertz CT molecular complexity index is 1050. The Hall–Kier alpha value is -1.59. The molecule has 3 N–H and O–H groups in total. The summed E-state index contributed by atoms with van der Waals surface area (Å²) in [5, 5.41) is 4.41. The van der Waals surface area contributed by atoms with E-state index in [1.54, 1.807) is 11.8 Å². The van der Waals surface area contributed by atoms with Gasteiger partial charge in [-0.3, -0.25) is 0 Å². The van der Waals surface area contributed by atoms with E-state index in [1.165, 1.54) is 15.5 Å². The zero-order chi connectivity index (χ0) is 20.6. The van der Waals surface area contributed by atoms with Crippen molar-refractivity contribution in [1.29, 1.82) is 0 Å². The van der Waals surface area contributed by atoms with E-state index in [2.05, 4.69) is 75.3 Å². The first-order chi connectivity index (χ1) is 13.8. The Balaban J connectivity index is 1.64. The highest BCUT2D eigenvalue weighted by molar-refractivity contribution is 14.1. The monoisotopic (exact) mass is 521 g/mol. The molecule has 0 radical (unpaired) electrons. The summed E-state index contributed by atoms with van der Waals surface area (Å²) in [7, 11) is 0. The third-order valence-corrected chi connectivity index (χ3v) is 6.99. The van der Waals surface area contributed by atoms with Crippen molar-refractivity contribution >= 4 is 51.3 Å². The van der Waals surface area contributed by atoms with Crippen LogP contribution in [0.25, 0.3) is 11.2 Å². The van der Waals surface area contributed by atoms with Crippen LogP contribution in [-0.4, -0.2) is 38.2 Å². The Morgan fingerprint density at radius 1 is 1.31 bits per heavy atom. The average molecular weight is 521 g/mol. The van der Waals surface area contributed by atoms with Crippen molar-refractivity contribution in [2.24, 2.45) is 0 Å². The van der Waals surface area contributed by atoms with Gasteiger partial charge in [0.2, 0.25) is 0 Å². The van der Waals surface area contributed by atoms with Gasteiger partial charge in [0, 0.05) is 27.0 Å². The second kappa shape index (κ2) is 8.27. The summed E-state index contributed by atoms with van der Waals surface area (Å²) in [6, 6.07) is 4.33. The number of aryl methyl sites for hydroxylation is 1. The number of aromatic nitrogens is 4. The number of nitrogen functional groups attached to an aromatic ring is 1. The van der Waals surface area contributed by atoms with E-state index in [-0.39, 0.29) is 5.54 Å². The topological polar surface area (TPSA) is 90.9 Å². The summed E-state index contributed by atoms with van der Waals surface area (Å²) in [5.74, 6) is 1.39. The number of nitrogens with zero attached hydrogens (tertiary/aromatic N) is 4. The molecule has 0 spiro atoms. The van der Waals surface area contributed by atoms with E-state index in [0.29, 0.717) is 11.3 Å². The minimum atomic E-state index is 0.0989. The summed E-state index contributed by atoms with van der Waals surface area (Å²) in [6.07, 6.45) is 3.44. The highest BCUT2D eigenvalue weighted by atomic mass is 124. The maximum absolute atomic E-state index is 6.08. The molecule has 29 heavy (non-hydrogen) atoms. The number of rotatable bonds is 6. The van der Waals surface area contributed by atoms with Crippen LogP contribution in [0, 0.1) is 3.57 Å². The lowest BCUT2D eigenvalue weighted by molar-refractivity contribution is 0.356. The highest BCUT2D eigenvalue weighted by Gasteiger charge is 2.20. The van der Waals surface area contributed by atoms with Gasteiger partial charge in [-0.15, -0.1) is 0 Å². The van der Waals surface area contributed by atoms with Crippen LogP contribution in [0.2, 0.25) is 0 Å². The zero-order valence-corrected chi connectivity index (χ0v) is 19.8. The fourth-order valence-corrected chi connectivity index (χ4v) is 5.07. The molecule has 4 rings (SSSR count). The lowest BCUT2D eigenvalue weighted by atomic mass is 10.1. The number of halogens is 1. The molecule has 7 nitrogen and oxygen atoms in total. The van der Waals surface area contributed by atoms with Gasteiger partial charge in [-0.1, -0.05) is 11.8 Å². The smallest absolute Gasteiger partial charge is 0.175 e. The van der Waals surface area contributed by atoms with Gasteiger partial charge in [0.1, 0.15) is 12.1 Å². The predicted octanol–water partition coefficient (Wildman–Crippen LogP) is 3.88. The van der Waals surface area contributed by atoms with Crippen molar-refractivity contribution in [2.75, 3.05) is 18.9 Å². The summed E-state index contributed by atoms with van der Waals surface area (Å²) in [6.45, 7) is 8.99. The fraction of sp³-hybridized carbons (Fsp3) is 0.450. The molecule has 2 aromatic heterocycles. The molecule has 3 aromatic rings. The zero-order valence-electron chi connectivity index (χ0n) is 16.8. The normalized spacial score (nSPS) is 13.7. The van der Waals surface area contributed by atoms with Crippen LogP contribution in [0.4, 0.5) is 5.82 Å². The average Bonchev–Trinajstić information content (AvgIpc) is 3.23. The number of benzene rings is 1. The molecule has 1 aliphatic heterocycles. The highest BCUT2D eigenvalue weighted by Crippen LogP contribution is 2.38. The van der Waals surface area contributed by atoms with Gasteiger partial charge in [-0.05, 0) is 74.0 Å². The number of nitrogens with one attached hydrogen (secondary N) is 1. The number of nitrogens with two attached hydrogens (primary N) is 1. The fourth-order valence-electron chi connectivity index (χ4n) is 3.27.